The van der Waals surface area contributed by atoms with Crippen LogP contribution in [0.2, 0.25) is 10.0 Å². The maximum Gasteiger partial charge on any atom is 0.254 e. The van der Waals surface area contributed by atoms with Crippen LogP contribution in [0.5, 0.6) is 5.75 Å². The van der Waals surface area contributed by atoms with Gasteiger partial charge in [-0.25, -0.2) is 0 Å². The SMILES string of the molecule is CNC(=O)c1ccccc1OCc1nnc(-c2ccc(Cl)cc2Cl)o1. The van der Waals surface area contributed by atoms with E-state index in [2.05, 4.69) is 15.5 Å². The van der Waals surface area contributed by atoms with Gasteiger partial charge >= 0.3 is 0 Å². The number of para-hydroxylation sites is 1. The molecule has 0 atom stereocenters. The predicted octanol–water partition coefficient (Wildman–Crippen LogP) is 3.98. The van der Waals surface area contributed by atoms with Crippen LogP contribution in [0.15, 0.2) is 46.9 Å². The van der Waals surface area contributed by atoms with E-state index in [-0.39, 0.29) is 24.3 Å². The molecule has 2 aromatic carbocycles. The maximum atomic E-state index is 11.8. The van der Waals surface area contributed by atoms with Gasteiger partial charge in [0.25, 0.3) is 11.8 Å². The molecule has 0 aliphatic heterocycles. The number of ether oxygens (including phenoxy) is 1. The molecule has 0 aliphatic carbocycles. The van der Waals surface area contributed by atoms with Crippen LogP contribution in [-0.2, 0) is 6.61 Å². The number of halogens is 2. The van der Waals surface area contributed by atoms with Gasteiger partial charge in [-0.3, -0.25) is 4.79 Å². The highest BCUT2D eigenvalue weighted by Gasteiger charge is 2.15. The highest BCUT2D eigenvalue weighted by Crippen LogP contribution is 2.29. The number of aromatic nitrogens is 2. The van der Waals surface area contributed by atoms with Crippen LogP contribution in [-0.4, -0.2) is 23.2 Å². The Bertz CT molecular complexity index is 912. The molecule has 0 bridgehead atoms. The summed E-state index contributed by atoms with van der Waals surface area (Å²) in [6.07, 6.45) is 0. The molecule has 1 heterocycles. The van der Waals surface area contributed by atoms with Crippen LogP contribution in [0.4, 0.5) is 0 Å². The Morgan fingerprint density at radius 2 is 2.00 bits per heavy atom. The second kappa shape index (κ2) is 7.55. The highest BCUT2D eigenvalue weighted by atomic mass is 35.5. The fourth-order valence-corrected chi connectivity index (χ4v) is 2.63. The van der Waals surface area contributed by atoms with Gasteiger partial charge in [0.1, 0.15) is 5.75 Å². The molecule has 1 N–H and O–H groups in total. The predicted molar refractivity (Wildman–Crippen MR) is 93.9 cm³/mol. The topological polar surface area (TPSA) is 77.2 Å². The lowest BCUT2D eigenvalue weighted by Crippen LogP contribution is -2.18. The van der Waals surface area contributed by atoms with Crippen molar-refractivity contribution < 1.29 is 13.9 Å². The zero-order chi connectivity index (χ0) is 17.8. The molecule has 0 radical (unpaired) electrons. The molecule has 3 rings (SSSR count). The van der Waals surface area contributed by atoms with Crippen molar-refractivity contribution in [3.63, 3.8) is 0 Å². The van der Waals surface area contributed by atoms with Crippen LogP contribution in [0, 0.1) is 0 Å². The van der Waals surface area contributed by atoms with E-state index in [0.29, 0.717) is 26.9 Å². The lowest BCUT2D eigenvalue weighted by molar-refractivity contribution is 0.0958. The van der Waals surface area contributed by atoms with Gasteiger partial charge in [-0.15, -0.1) is 10.2 Å². The average Bonchev–Trinajstić information content (AvgIpc) is 3.08. The molecule has 0 unspecified atom stereocenters. The van der Waals surface area contributed by atoms with Gasteiger partial charge in [-0.05, 0) is 30.3 Å². The maximum absolute atomic E-state index is 11.8. The van der Waals surface area contributed by atoms with Crippen LogP contribution in [0.1, 0.15) is 16.2 Å². The van der Waals surface area contributed by atoms with E-state index in [4.69, 9.17) is 32.4 Å². The number of rotatable bonds is 5. The summed E-state index contributed by atoms with van der Waals surface area (Å²) in [6, 6.07) is 11.9. The molecule has 0 saturated carbocycles. The molecule has 3 aromatic rings. The van der Waals surface area contributed by atoms with E-state index in [1.807, 2.05) is 0 Å². The van der Waals surface area contributed by atoms with Crippen molar-refractivity contribution >= 4 is 29.1 Å². The number of nitrogens with zero attached hydrogens (tertiary/aromatic N) is 2. The van der Waals surface area contributed by atoms with Crippen molar-refractivity contribution in [3.8, 4) is 17.2 Å². The van der Waals surface area contributed by atoms with E-state index in [9.17, 15) is 4.79 Å². The molecular formula is C17H13Cl2N3O3. The zero-order valence-corrected chi connectivity index (χ0v) is 14.6. The van der Waals surface area contributed by atoms with E-state index >= 15 is 0 Å². The number of hydrogen-bond donors (Lipinski definition) is 1. The van der Waals surface area contributed by atoms with Crippen molar-refractivity contribution in [2.75, 3.05) is 7.05 Å². The third-order valence-electron chi connectivity index (χ3n) is 3.34. The normalized spacial score (nSPS) is 10.5. The number of nitrogens with one attached hydrogen (secondary N) is 1. The number of benzene rings is 2. The van der Waals surface area contributed by atoms with Gasteiger partial charge in [0, 0.05) is 12.1 Å². The molecule has 6 nitrogen and oxygen atoms in total. The van der Waals surface area contributed by atoms with Crippen molar-refractivity contribution in [1.29, 1.82) is 0 Å². The average molecular weight is 378 g/mol. The second-order valence-corrected chi connectivity index (χ2v) is 5.83. The Balaban J connectivity index is 1.76. The van der Waals surface area contributed by atoms with Gasteiger partial charge in [0.05, 0.1) is 16.1 Å². The molecule has 0 fully saturated rings. The summed E-state index contributed by atoms with van der Waals surface area (Å²) in [4.78, 5) is 11.8. The fourth-order valence-electron chi connectivity index (χ4n) is 2.14. The van der Waals surface area contributed by atoms with Crippen molar-refractivity contribution in [3.05, 3.63) is 64.0 Å². The first kappa shape index (κ1) is 17.3. The van der Waals surface area contributed by atoms with Gasteiger partial charge in [0.2, 0.25) is 5.89 Å². The molecule has 1 amide bonds. The van der Waals surface area contributed by atoms with Gasteiger partial charge in [0.15, 0.2) is 6.61 Å². The van der Waals surface area contributed by atoms with Crippen LogP contribution in [0.25, 0.3) is 11.5 Å². The quantitative estimate of drug-likeness (QED) is 0.727. The lowest BCUT2D eigenvalue weighted by Gasteiger charge is -2.08. The minimum Gasteiger partial charge on any atom is -0.483 e. The Hall–Kier alpha value is -2.57. The number of amides is 1. The van der Waals surface area contributed by atoms with Crippen molar-refractivity contribution in [2.24, 2.45) is 0 Å². The smallest absolute Gasteiger partial charge is 0.254 e. The van der Waals surface area contributed by atoms with E-state index < -0.39 is 0 Å². The Labute approximate surface area is 153 Å². The van der Waals surface area contributed by atoms with Crippen LogP contribution in [0.3, 0.4) is 0 Å². The first-order valence-corrected chi connectivity index (χ1v) is 8.06. The zero-order valence-electron chi connectivity index (χ0n) is 13.1. The molecule has 128 valence electrons. The summed E-state index contributed by atoms with van der Waals surface area (Å²) in [5.41, 5.74) is 1.00. The monoisotopic (exact) mass is 377 g/mol. The summed E-state index contributed by atoms with van der Waals surface area (Å²) in [5, 5.41) is 11.4. The summed E-state index contributed by atoms with van der Waals surface area (Å²) in [5.74, 6) is 0.702. The molecular weight excluding hydrogens is 365 g/mol. The standard InChI is InChI=1S/C17H13Cl2N3O3/c1-20-16(23)12-4-2-3-5-14(12)24-9-15-21-22-17(25-15)11-7-6-10(18)8-13(11)19/h2-8H,9H2,1H3,(H,20,23). The Kier molecular flexibility index (Phi) is 5.21. The van der Waals surface area contributed by atoms with Gasteiger partial charge in [-0.2, -0.15) is 0 Å². The van der Waals surface area contributed by atoms with E-state index in [1.54, 1.807) is 49.5 Å². The Morgan fingerprint density at radius 1 is 1.20 bits per heavy atom. The van der Waals surface area contributed by atoms with Crippen molar-refractivity contribution in [1.82, 2.24) is 15.5 Å². The molecule has 8 heteroatoms. The molecule has 0 saturated heterocycles. The first-order chi connectivity index (χ1) is 12.1. The van der Waals surface area contributed by atoms with Gasteiger partial charge < -0.3 is 14.5 Å². The minimum atomic E-state index is -0.241. The second-order valence-electron chi connectivity index (χ2n) is 4.99. The number of hydrogen-bond acceptors (Lipinski definition) is 5. The lowest BCUT2D eigenvalue weighted by atomic mass is 10.2. The molecule has 25 heavy (non-hydrogen) atoms. The van der Waals surface area contributed by atoms with Gasteiger partial charge in [-0.1, -0.05) is 35.3 Å². The highest BCUT2D eigenvalue weighted by molar-refractivity contribution is 6.36. The molecule has 0 spiro atoms. The minimum absolute atomic E-state index is 0.0201. The number of carbonyl (C=O) groups excluding carboxylic acids is 1. The molecule has 1 aromatic heterocycles. The summed E-state index contributed by atoms with van der Waals surface area (Å²) in [6.45, 7) is 0.0201. The largest absolute Gasteiger partial charge is 0.483 e. The van der Waals surface area contributed by atoms with Crippen LogP contribution >= 0.6 is 23.2 Å². The summed E-state index contributed by atoms with van der Waals surface area (Å²) < 4.78 is 11.2. The van der Waals surface area contributed by atoms with Crippen LogP contribution < -0.4 is 10.1 Å². The third kappa shape index (κ3) is 3.92. The fraction of sp³-hybridized carbons (Fsp3) is 0.118. The Morgan fingerprint density at radius 3 is 2.76 bits per heavy atom. The molecule has 0 aliphatic rings. The van der Waals surface area contributed by atoms with E-state index in [1.165, 1.54) is 0 Å². The van der Waals surface area contributed by atoms with Crippen molar-refractivity contribution in [2.45, 2.75) is 6.61 Å². The van der Waals surface area contributed by atoms with E-state index in [0.717, 1.165) is 0 Å². The third-order valence-corrected chi connectivity index (χ3v) is 3.89. The first-order valence-electron chi connectivity index (χ1n) is 7.30. The summed E-state index contributed by atoms with van der Waals surface area (Å²) >= 11 is 12.0. The number of carbonyl (C=O) groups is 1. The summed E-state index contributed by atoms with van der Waals surface area (Å²) in [7, 11) is 1.55.